The van der Waals surface area contributed by atoms with Gasteiger partial charge >= 0.3 is 0 Å². The van der Waals surface area contributed by atoms with E-state index in [2.05, 4.69) is 22.0 Å². The summed E-state index contributed by atoms with van der Waals surface area (Å²) in [5.41, 5.74) is 0.803. The average Bonchev–Trinajstić information content (AvgIpc) is 3.05. The molecule has 1 atom stereocenters. The fraction of sp³-hybridized carbons (Fsp3) is 0.333. The van der Waals surface area contributed by atoms with Crippen molar-refractivity contribution in [1.82, 2.24) is 0 Å². The second-order valence-corrected chi connectivity index (χ2v) is 4.71. The van der Waals surface area contributed by atoms with E-state index >= 15 is 0 Å². The molecule has 1 saturated carbocycles. The van der Waals surface area contributed by atoms with Crippen LogP contribution in [-0.2, 0) is 4.79 Å². The molecule has 0 amide bonds. The molecule has 0 spiro atoms. The van der Waals surface area contributed by atoms with Crippen LogP contribution in [0, 0.1) is 17.2 Å². The first-order valence-electron chi connectivity index (χ1n) is 4.91. The molecular weight excluding hydrogens is 254 g/mol. The molecule has 2 nitrogen and oxygen atoms in total. The summed E-state index contributed by atoms with van der Waals surface area (Å²) in [5.74, 6) is -0.358. The van der Waals surface area contributed by atoms with Crippen molar-refractivity contribution in [3.63, 3.8) is 0 Å². The van der Waals surface area contributed by atoms with Crippen molar-refractivity contribution < 1.29 is 4.79 Å². The summed E-state index contributed by atoms with van der Waals surface area (Å²) in [6.07, 6.45) is 1.90. The number of nitriles is 1. The van der Waals surface area contributed by atoms with Gasteiger partial charge in [-0.25, -0.2) is 0 Å². The van der Waals surface area contributed by atoms with Crippen molar-refractivity contribution >= 4 is 21.7 Å². The largest absolute Gasteiger partial charge is 0.298 e. The Labute approximate surface area is 97.0 Å². The van der Waals surface area contributed by atoms with E-state index in [1.807, 2.05) is 24.3 Å². The molecule has 0 aliphatic heterocycles. The highest BCUT2D eigenvalue weighted by atomic mass is 79.9. The minimum absolute atomic E-state index is 0.0832. The Balaban J connectivity index is 2.23. The normalized spacial score (nSPS) is 16.8. The average molecular weight is 264 g/mol. The van der Waals surface area contributed by atoms with Crippen LogP contribution < -0.4 is 0 Å². The van der Waals surface area contributed by atoms with Gasteiger partial charge in [0.1, 0.15) is 5.92 Å². The Kier molecular flexibility index (Phi) is 2.88. The summed E-state index contributed by atoms with van der Waals surface area (Å²) in [5, 5.41) is 9.01. The number of Topliss-reactive ketones (excluding diaryl/α,β-unsaturated/α-hetero) is 1. The standard InChI is InChI=1S/C12H10BrNO/c13-10-5-3-8(4-6-10)11(7-14)12(15)9-1-2-9/h3-6,9,11H,1-2H2/t11-/m0/s1. The van der Waals surface area contributed by atoms with E-state index in [1.165, 1.54) is 0 Å². The predicted octanol–water partition coefficient (Wildman–Crippen LogP) is 3.04. The highest BCUT2D eigenvalue weighted by molar-refractivity contribution is 9.10. The molecule has 0 radical (unpaired) electrons. The third-order valence-electron chi connectivity index (χ3n) is 2.60. The number of hydrogen-bond acceptors (Lipinski definition) is 2. The van der Waals surface area contributed by atoms with Gasteiger partial charge in [-0.1, -0.05) is 28.1 Å². The van der Waals surface area contributed by atoms with Crippen molar-refractivity contribution in [3.05, 3.63) is 34.3 Å². The van der Waals surface area contributed by atoms with E-state index in [0.29, 0.717) is 0 Å². The summed E-state index contributed by atoms with van der Waals surface area (Å²) in [4.78, 5) is 11.8. The molecule has 0 aromatic heterocycles. The molecule has 0 bridgehead atoms. The summed E-state index contributed by atoms with van der Waals surface area (Å²) in [6, 6.07) is 9.48. The molecule has 76 valence electrons. The fourth-order valence-corrected chi connectivity index (χ4v) is 1.83. The number of rotatable bonds is 3. The Morgan fingerprint density at radius 1 is 1.40 bits per heavy atom. The number of ketones is 1. The fourth-order valence-electron chi connectivity index (χ4n) is 1.56. The van der Waals surface area contributed by atoms with Gasteiger partial charge in [-0.05, 0) is 30.5 Å². The summed E-state index contributed by atoms with van der Waals surface area (Å²) in [7, 11) is 0. The maximum absolute atomic E-state index is 11.8. The highest BCUT2D eigenvalue weighted by Gasteiger charge is 2.35. The zero-order valence-corrected chi connectivity index (χ0v) is 9.70. The molecule has 1 aliphatic rings. The third-order valence-corrected chi connectivity index (χ3v) is 3.13. The second-order valence-electron chi connectivity index (χ2n) is 3.79. The maximum Gasteiger partial charge on any atom is 0.157 e. The summed E-state index contributed by atoms with van der Waals surface area (Å²) in [6.45, 7) is 0. The van der Waals surface area contributed by atoms with Gasteiger partial charge in [0.25, 0.3) is 0 Å². The zero-order chi connectivity index (χ0) is 10.8. The van der Waals surface area contributed by atoms with Crippen LogP contribution in [0.3, 0.4) is 0 Å². The number of hydrogen-bond donors (Lipinski definition) is 0. The van der Waals surface area contributed by atoms with Gasteiger partial charge in [0.15, 0.2) is 5.78 Å². The van der Waals surface area contributed by atoms with Gasteiger partial charge in [0.05, 0.1) is 6.07 Å². The van der Waals surface area contributed by atoms with Gasteiger partial charge < -0.3 is 0 Å². The quantitative estimate of drug-likeness (QED) is 0.841. The first-order chi connectivity index (χ1) is 7.22. The maximum atomic E-state index is 11.8. The van der Waals surface area contributed by atoms with Crippen molar-refractivity contribution in [1.29, 1.82) is 5.26 Å². The van der Waals surface area contributed by atoms with Crippen LogP contribution in [0.5, 0.6) is 0 Å². The highest BCUT2D eigenvalue weighted by Crippen LogP contribution is 2.35. The molecular formula is C12H10BrNO. The molecule has 0 heterocycles. The lowest BCUT2D eigenvalue weighted by Crippen LogP contribution is -2.12. The first-order valence-corrected chi connectivity index (χ1v) is 5.70. The first kappa shape index (κ1) is 10.4. The number of nitrogens with zero attached hydrogens (tertiary/aromatic N) is 1. The van der Waals surface area contributed by atoms with E-state index < -0.39 is 5.92 Å². The summed E-state index contributed by atoms with van der Waals surface area (Å²) >= 11 is 3.33. The van der Waals surface area contributed by atoms with Crippen LogP contribution in [0.15, 0.2) is 28.7 Å². The van der Waals surface area contributed by atoms with E-state index in [0.717, 1.165) is 22.9 Å². The Morgan fingerprint density at radius 2 is 2.00 bits per heavy atom. The third kappa shape index (κ3) is 2.27. The molecule has 0 unspecified atom stereocenters. The Hall–Kier alpha value is -1.14. The molecule has 3 heteroatoms. The smallest absolute Gasteiger partial charge is 0.157 e. The summed E-state index contributed by atoms with van der Waals surface area (Å²) < 4.78 is 0.960. The van der Waals surface area contributed by atoms with Crippen molar-refractivity contribution in [2.45, 2.75) is 18.8 Å². The van der Waals surface area contributed by atoms with Gasteiger partial charge in [0.2, 0.25) is 0 Å². The molecule has 15 heavy (non-hydrogen) atoms. The van der Waals surface area contributed by atoms with Crippen LogP contribution >= 0.6 is 15.9 Å². The SMILES string of the molecule is N#C[C@H](C(=O)C1CC1)c1ccc(Br)cc1. The van der Waals surface area contributed by atoms with Crippen LogP contribution in [0.1, 0.15) is 24.3 Å². The van der Waals surface area contributed by atoms with Crippen LogP contribution in [0.25, 0.3) is 0 Å². The van der Waals surface area contributed by atoms with Crippen molar-refractivity contribution in [2.75, 3.05) is 0 Å². The van der Waals surface area contributed by atoms with E-state index in [9.17, 15) is 4.79 Å². The molecule has 0 N–H and O–H groups in total. The van der Waals surface area contributed by atoms with Crippen molar-refractivity contribution in [3.8, 4) is 6.07 Å². The van der Waals surface area contributed by atoms with Gasteiger partial charge in [-0.3, -0.25) is 4.79 Å². The lowest BCUT2D eigenvalue weighted by Gasteiger charge is -2.07. The number of benzene rings is 1. The Bertz CT molecular complexity index is 414. The predicted molar refractivity (Wildman–Crippen MR) is 60.2 cm³/mol. The molecule has 1 aromatic carbocycles. The van der Waals surface area contributed by atoms with Crippen molar-refractivity contribution in [2.24, 2.45) is 5.92 Å². The zero-order valence-electron chi connectivity index (χ0n) is 8.11. The number of carbonyl (C=O) groups excluding carboxylic acids is 1. The molecule has 1 aliphatic carbocycles. The molecule has 0 saturated heterocycles. The molecule has 1 aromatic rings. The lowest BCUT2D eigenvalue weighted by atomic mass is 9.94. The van der Waals surface area contributed by atoms with Crippen LogP contribution in [-0.4, -0.2) is 5.78 Å². The van der Waals surface area contributed by atoms with Crippen LogP contribution in [0.2, 0.25) is 0 Å². The Morgan fingerprint density at radius 3 is 2.47 bits per heavy atom. The van der Waals surface area contributed by atoms with E-state index in [1.54, 1.807) is 0 Å². The van der Waals surface area contributed by atoms with E-state index in [4.69, 9.17) is 5.26 Å². The minimum Gasteiger partial charge on any atom is -0.298 e. The van der Waals surface area contributed by atoms with Crippen LogP contribution in [0.4, 0.5) is 0 Å². The number of carbonyl (C=O) groups is 1. The van der Waals surface area contributed by atoms with Gasteiger partial charge in [-0.15, -0.1) is 0 Å². The second kappa shape index (κ2) is 4.16. The van der Waals surface area contributed by atoms with Gasteiger partial charge in [0, 0.05) is 10.4 Å². The molecule has 2 rings (SSSR count). The molecule has 1 fully saturated rings. The monoisotopic (exact) mass is 263 g/mol. The lowest BCUT2D eigenvalue weighted by molar-refractivity contribution is -0.120. The topological polar surface area (TPSA) is 40.9 Å². The van der Waals surface area contributed by atoms with E-state index in [-0.39, 0.29) is 11.7 Å². The number of halogens is 1. The van der Waals surface area contributed by atoms with Gasteiger partial charge in [-0.2, -0.15) is 5.26 Å². The minimum atomic E-state index is -0.578.